The van der Waals surface area contributed by atoms with Crippen LogP contribution in [0, 0.1) is 16.7 Å². The number of hydrogen-bond donors (Lipinski definition) is 1. The highest BCUT2D eigenvalue weighted by Gasteiger charge is 2.06. The molecule has 0 saturated heterocycles. The SMILES string of the molecule is COc1cncc(C(=N)c2ccc(C#N)cc2)c1. The molecular formula is C14H11N3O. The molecule has 0 bridgehead atoms. The number of hydrogen-bond acceptors (Lipinski definition) is 4. The highest BCUT2D eigenvalue weighted by molar-refractivity contribution is 6.10. The number of rotatable bonds is 3. The van der Waals surface area contributed by atoms with Gasteiger partial charge in [0.15, 0.2) is 0 Å². The summed E-state index contributed by atoms with van der Waals surface area (Å²) < 4.78 is 5.08. The van der Waals surface area contributed by atoms with Crippen LogP contribution in [0.5, 0.6) is 5.75 Å². The molecule has 0 unspecified atom stereocenters. The number of ether oxygens (including phenoxy) is 1. The molecule has 4 heteroatoms. The second-order valence-electron chi connectivity index (χ2n) is 3.68. The van der Waals surface area contributed by atoms with Gasteiger partial charge in [-0.25, -0.2) is 0 Å². The Bertz CT molecular complexity index is 612. The van der Waals surface area contributed by atoms with Gasteiger partial charge in [-0.15, -0.1) is 0 Å². The zero-order chi connectivity index (χ0) is 13.0. The Kier molecular flexibility index (Phi) is 3.35. The lowest BCUT2D eigenvalue weighted by Gasteiger charge is -2.06. The topological polar surface area (TPSA) is 69.8 Å². The molecule has 2 aromatic rings. The van der Waals surface area contributed by atoms with Crippen LogP contribution in [-0.4, -0.2) is 17.8 Å². The summed E-state index contributed by atoms with van der Waals surface area (Å²) in [5.74, 6) is 0.617. The van der Waals surface area contributed by atoms with E-state index < -0.39 is 0 Å². The van der Waals surface area contributed by atoms with Crippen LogP contribution in [-0.2, 0) is 0 Å². The second-order valence-corrected chi connectivity index (χ2v) is 3.68. The number of benzene rings is 1. The number of nitrogens with one attached hydrogen (secondary N) is 1. The summed E-state index contributed by atoms with van der Waals surface area (Å²) in [7, 11) is 1.56. The van der Waals surface area contributed by atoms with Crippen LogP contribution in [0.15, 0.2) is 42.7 Å². The minimum Gasteiger partial charge on any atom is -0.495 e. The normalized spacial score (nSPS) is 9.56. The van der Waals surface area contributed by atoms with E-state index in [1.165, 1.54) is 0 Å². The van der Waals surface area contributed by atoms with Crippen LogP contribution in [0.3, 0.4) is 0 Å². The number of nitriles is 1. The minimum atomic E-state index is 0.353. The van der Waals surface area contributed by atoms with E-state index in [9.17, 15) is 0 Å². The van der Waals surface area contributed by atoms with Crippen molar-refractivity contribution in [2.75, 3.05) is 7.11 Å². The van der Waals surface area contributed by atoms with Crippen LogP contribution in [0.25, 0.3) is 0 Å². The molecule has 0 spiro atoms. The minimum absolute atomic E-state index is 0.353. The quantitative estimate of drug-likeness (QED) is 0.833. The third-order valence-corrected chi connectivity index (χ3v) is 2.54. The summed E-state index contributed by atoms with van der Waals surface area (Å²) in [6, 6.07) is 10.7. The molecule has 0 amide bonds. The van der Waals surface area contributed by atoms with Gasteiger partial charge in [0.25, 0.3) is 0 Å². The third kappa shape index (κ3) is 2.36. The fourth-order valence-corrected chi connectivity index (χ4v) is 1.55. The molecule has 1 heterocycles. The first kappa shape index (κ1) is 11.8. The summed E-state index contributed by atoms with van der Waals surface area (Å²) in [6.45, 7) is 0. The fourth-order valence-electron chi connectivity index (χ4n) is 1.55. The third-order valence-electron chi connectivity index (χ3n) is 2.54. The van der Waals surface area contributed by atoms with Gasteiger partial charge in [0.05, 0.1) is 30.7 Å². The summed E-state index contributed by atoms with van der Waals surface area (Å²) in [5.41, 5.74) is 2.35. The molecule has 0 aliphatic carbocycles. The molecule has 18 heavy (non-hydrogen) atoms. The van der Waals surface area contributed by atoms with Gasteiger partial charge in [-0.3, -0.25) is 10.4 Å². The average molecular weight is 237 g/mol. The zero-order valence-electron chi connectivity index (χ0n) is 9.84. The molecule has 0 fully saturated rings. The van der Waals surface area contributed by atoms with E-state index in [-0.39, 0.29) is 0 Å². The van der Waals surface area contributed by atoms with Crippen LogP contribution in [0.4, 0.5) is 0 Å². The largest absolute Gasteiger partial charge is 0.495 e. The molecular weight excluding hydrogens is 226 g/mol. The van der Waals surface area contributed by atoms with Crippen LogP contribution in [0.2, 0.25) is 0 Å². The molecule has 1 N–H and O–H groups in total. The first-order valence-corrected chi connectivity index (χ1v) is 5.33. The summed E-state index contributed by atoms with van der Waals surface area (Å²) >= 11 is 0. The molecule has 0 saturated carbocycles. The molecule has 0 aliphatic rings. The van der Waals surface area contributed by atoms with Crippen LogP contribution >= 0.6 is 0 Å². The number of pyridine rings is 1. The highest BCUT2D eigenvalue weighted by Crippen LogP contribution is 2.15. The maximum atomic E-state index is 8.72. The van der Waals surface area contributed by atoms with Gasteiger partial charge in [-0.1, -0.05) is 12.1 Å². The molecule has 1 aromatic heterocycles. The van der Waals surface area contributed by atoms with Crippen molar-refractivity contribution in [3.8, 4) is 11.8 Å². The van der Waals surface area contributed by atoms with E-state index in [1.54, 1.807) is 49.8 Å². The van der Waals surface area contributed by atoms with Crippen molar-refractivity contribution in [3.05, 3.63) is 59.4 Å². The van der Waals surface area contributed by atoms with Gasteiger partial charge in [-0.2, -0.15) is 5.26 Å². The lowest BCUT2D eigenvalue weighted by atomic mass is 10.0. The predicted octanol–water partition coefficient (Wildman–Crippen LogP) is 2.38. The Morgan fingerprint density at radius 1 is 1.22 bits per heavy atom. The summed E-state index contributed by atoms with van der Waals surface area (Å²) in [5, 5.41) is 16.8. The van der Waals surface area contributed by atoms with Crippen molar-refractivity contribution in [1.82, 2.24) is 4.98 Å². The molecule has 1 aromatic carbocycles. The van der Waals surface area contributed by atoms with Crippen LogP contribution < -0.4 is 4.74 Å². The van der Waals surface area contributed by atoms with Gasteiger partial charge in [0.1, 0.15) is 5.75 Å². The second kappa shape index (κ2) is 5.11. The van der Waals surface area contributed by atoms with Crippen LogP contribution in [0.1, 0.15) is 16.7 Å². The maximum Gasteiger partial charge on any atom is 0.137 e. The Morgan fingerprint density at radius 2 is 1.94 bits per heavy atom. The molecule has 0 atom stereocenters. The first-order valence-electron chi connectivity index (χ1n) is 5.33. The number of nitrogens with zero attached hydrogens (tertiary/aromatic N) is 2. The van der Waals surface area contributed by atoms with E-state index >= 15 is 0 Å². The molecule has 88 valence electrons. The standard InChI is InChI=1S/C14H11N3O/c1-18-13-6-12(8-17-9-13)14(16)11-4-2-10(7-15)3-5-11/h2-6,8-9,16H,1H3. The van der Waals surface area contributed by atoms with Crippen molar-refractivity contribution in [3.63, 3.8) is 0 Å². The van der Waals surface area contributed by atoms with Gasteiger partial charge in [-0.05, 0) is 18.2 Å². The Hall–Kier alpha value is -2.67. The zero-order valence-corrected chi connectivity index (χ0v) is 9.84. The van der Waals surface area contributed by atoms with E-state index in [4.69, 9.17) is 15.4 Å². The fraction of sp³-hybridized carbons (Fsp3) is 0.0714. The Balaban J connectivity index is 2.32. The number of aromatic nitrogens is 1. The van der Waals surface area contributed by atoms with Gasteiger partial charge in [0, 0.05) is 17.3 Å². The molecule has 2 rings (SSSR count). The molecule has 0 aliphatic heterocycles. The smallest absolute Gasteiger partial charge is 0.137 e. The lowest BCUT2D eigenvalue weighted by molar-refractivity contribution is 0.413. The highest BCUT2D eigenvalue weighted by atomic mass is 16.5. The maximum absolute atomic E-state index is 8.72. The molecule has 0 radical (unpaired) electrons. The van der Waals surface area contributed by atoms with E-state index in [0.717, 1.165) is 5.56 Å². The Labute approximate surface area is 105 Å². The summed E-state index contributed by atoms with van der Waals surface area (Å²) in [4.78, 5) is 4.02. The van der Waals surface area contributed by atoms with E-state index in [0.29, 0.717) is 22.6 Å². The van der Waals surface area contributed by atoms with Gasteiger partial charge >= 0.3 is 0 Å². The summed E-state index contributed by atoms with van der Waals surface area (Å²) in [6.07, 6.45) is 3.21. The van der Waals surface area contributed by atoms with Gasteiger partial charge < -0.3 is 4.74 Å². The van der Waals surface area contributed by atoms with Crippen molar-refractivity contribution in [2.45, 2.75) is 0 Å². The Morgan fingerprint density at radius 3 is 2.56 bits per heavy atom. The lowest BCUT2D eigenvalue weighted by Crippen LogP contribution is -2.02. The van der Waals surface area contributed by atoms with Gasteiger partial charge in [0.2, 0.25) is 0 Å². The average Bonchev–Trinajstić information content (AvgIpc) is 2.46. The van der Waals surface area contributed by atoms with Crippen molar-refractivity contribution in [1.29, 1.82) is 10.7 Å². The first-order chi connectivity index (χ1) is 8.74. The monoisotopic (exact) mass is 237 g/mol. The van der Waals surface area contributed by atoms with E-state index in [2.05, 4.69) is 4.98 Å². The van der Waals surface area contributed by atoms with E-state index in [1.807, 2.05) is 6.07 Å². The van der Waals surface area contributed by atoms with Crippen molar-refractivity contribution in [2.24, 2.45) is 0 Å². The predicted molar refractivity (Wildman–Crippen MR) is 67.9 cm³/mol. The van der Waals surface area contributed by atoms with Crippen molar-refractivity contribution >= 4 is 5.71 Å². The number of methoxy groups -OCH3 is 1. The molecule has 4 nitrogen and oxygen atoms in total. The van der Waals surface area contributed by atoms with Crippen molar-refractivity contribution < 1.29 is 4.74 Å².